The van der Waals surface area contributed by atoms with Crippen molar-refractivity contribution in [1.82, 2.24) is 9.88 Å². The second-order valence-electron chi connectivity index (χ2n) is 5.97. The summed E-state index contributed by atoms with van der Waals surface area (Å²) in [6.07, 6.45) is 5.69. The number of nitrogen functional groups attached to an aromatic ring is 1. The number of hydrogen-bond acceptors (Lipinski definition) is 2. The fourth-order valence-corrected chi connectivity index (χ4v) is 3.32. The largest absolute Gasteiger partial charge is 0.399 e. The molecule has 1 atom stereocenters. The van der Waals surface area contributed by atoms with Gasteiger partial charge in [0, 0.05) is 29.2 Å². The Morgan fingerprint density at radius 3 is 3.05 bits per heavy atom. The minimum atomic E-state index is 0.128. The zero-order valence-corrected chi connectivity index (χ0v) is 12.6. The topological polar surface area (TPSA) is 62.1 Å². The van der Waals surface area contributed by atoms with Crippen molar-refractivity contribution in [2.24, 2.45) is 0 Å². The molecule has 2 heterocycles. The number of likely N-dealkylation sites (tertiary alicyclic amines) is 1. The van der Waals surface area contributed by atoms with Gasteiger partial charge >= 0.3 is 0 Å². The normalized spacial score (nSPS) is 19.1. The number of rotatable bonds is 3. The fourth-order valence-electron chi connectivity index (χ4n) is 3.32. The first kappa shape index (κ1) is 14.0. The molecule has 3 rings (SSSR count). The molecule has 0 saturated carbocycles. The van der Waals surface area contributed by atoms with Gasteiger partial charge in [-0.25, -0.2) is 0 Å². The Kier molecular flexibility index (Phi) is 3.86. The average Bonchev–Trinajstić information content (AvgIpc) is 2.90. The smallest absolute Gasteiger partial charge is 0.270 e. The number of amides is 1. The summed E-state index contributed by atoms with van der Waals surface area (Å²) in [5.74, 6) is 0.128. The number of piperidine rings is 1. The quantitative estimate of drug-likeness (QED) is 0.847. The Balaban J connectivity index is 1.87. The first-order valence-corrected chi connectivity index (χ1v) is 7.88. The predicted octanol–water partition coefficient (Wildman–Crippen LogP) is 3.54. The Hall–Kier alpha value is -1.97. The van der Waals surface area contributed by atoms with Crippen molar-refractivity contribution in [2.45, 2.75) is 45.1 Å². The highest BCUT2D eigenvalue weighted by molar-refractivity contribution is 5.98. The van der Waals surface area contributed by atoms with Gasteiger partial charge in [-0.2, -0.15) is 0 Å². The van der Waals surface area contributed by atoms with Gasteiger partial charge in [0.2, 0.25) is 0 Å². The molecule has 21 heavy (non-hydrogen) atoms. The van der Waals surface area contributed by atoms with Crippen molar-refractivity contribution in [2.75, 3.05) is 12.3 Å². The Morgan fingerprint density at radius 2 is 2.24 bits per heavy atom. The lowest BCUT2D eigenvalue weighted by molar-refractivity contribution is 0.0595. The number of nitrogens with two attached hydrogens (primary N) is 1. The predicted molar refractivity (Wildman–Crippen MR) is 86.3 cm³/mol. The molecule has 4 nitrogen and oxygen atoms in total. The van der Waals surface area contributed by atoms with Crippen LogP contribution in [-0.2, 0) is 0 Å². The molecule has 1 saturated heterocycles. The van der Waals surface area contributed by atoms with Crippen molar-refractivity contribution >= 4 is 22.5 Å². The summed E-state index contributed by atoms with van der Waals surface area (Å²) >= 11 is 0. The monoisotopic (exact) mass is 285 g/mol. The van der Waals surface area contributed by atoms with Gasteiger partial charge in [-0.1, -0.05) is 13.3 Å². The molecule has 0 spiro atoms. The standard InChI is InChI=1S/C17H23N3O/c1-2-5-14-6-3-4-9-20(14)17(21)16-11-12-10-13(18)7-8-15(12)19-16/h7-8,10-11,14,19H,2-6,9,18H2,1H3. The third-order valence-corrected chi connectivity index (χ3v) is 4.39. The van der Waals surface area contributed by atoms with E-state index >= 15 is 0 Å². The Labute approximate surface area is 125 Å². The van der Waals surface area contributed by atoms with Gasteiger partial charge < -0.3 is 15.6 Å². The molecule has 2 aromatic rings. The number of fused-ring (bicyclic) bond motifs is 1. The minimum Gasteiger partial charge on any atom is -0.399 e. The van der Waals surface area contributed by atoms with Crippen LogP contribution >= 0.6 is 0 Å². The Bertz CT molecular complexity index is 645. The summed E-state index contributed by atoms with van der Waals surface area (Å²) < 4.78 is 0. The molecule has 1 aliphatic heterocycles. The number of benzene rings is 1. The molecule has 0 aliphatic carbocycles. The van der Waals surface area contributed by atoms with Crippen LogP contribution in [0.25, 0.3) is 10.9 Å². The van der Waals surface area contributed by atoms with E-state index in [1.807, 2.05) is 24.3 Å². The highest BCUT2D eigenvalue weighted by atomic mass is 16.2. The van der Waals surface area contributed by atoms with Gasteiger partial charge in [0.05, 0.1) is 0 Å². The highest BCUT2D eigenvalue weighted by Gasteiger charge is 2.27. The third kappa shape index (κ3) is 2.75. The van der Waals surface area contributed by atoms with Gasteiger partial charge in [-0.15, -0.1) is 0 Å². The molecule has 1 aliphatic rings. The molecule has 112 valence electrons. The molecular weight excluding hydrogens is 262 g/mol. The van der Waals surface area contributed by atoms with E-state index in [1.54, 1.807) is 0 Å². The van der Waals surface area contributed by atoms with Crippen LogP contribution in [0.5, 0.6) is 0 Å². The van der Waals surface area contributed by atoms with Crippen LogP contribution in [0.2, 0.25) is 0 Å². The zero-order chi connectivity index (χ0) is 14.8. The lowest BCUT2D eigenvalue weighted by Gasteiger charge is -2.35. The molecule has 0 bridgehead atoms. The fraction of sp³-hybridized carbons (Fsp3) is 0.471. The van der Waals surface area contributed by atoms with Crippen LogP contribution in [0.4, 0.5) is 5.69 Å². The van der Waals surface area contributed by atoms with Gasteiger partial charge in [-0.05, 0) is 49.9 Å². The van der Waals surface area contributed by atoms with Crippen molar-refractivity contribution in [1.29, 1.82) is 0 Å². The van der Waals surface area contributed by atoms with Crippen LogP contribution in [0, 0.1) is 0 Å². The van der Waals surface area contributed by atoms with E-state index in [0.29, 0.717) is 11.7 Å². The number of hydrogen-bond donors (Lipinski definition) is 2. The van der Waals surface area contributed by atoms with E-state index < -0.39 is 0 Å². The number of anilines is 1. The van der Waals surface area contributed by atoms with Crippen molar-refractivity contribution in [3.63, 3.8) is 0 Å². The number of carbonyl (C=O) groups is 1. The molecule has 0 radical (unpaired) electrons. The van der Waals surface area contributed by atoms with Gasteiger partial charge in [0.1, 0.15) is 5.69 Å². The van der Waals surface area contributed by atoms with Crippen molar-refractivity contribution in [3.8, 4) is 0 Å². The minimum absolute atomic E-state index is 0.128. The number of H-pyrrole nitrogens is 1. The van der Waals surface area contributed by atoms with Gasteiger partial charge in [0.15, 0.2) is 0 Å². The number of carbonyl (C=O) groups excluding carboxylic acids is 1. The SMILES string of the molecule is CCCC1CCCCN1C(=O)c1cc2cc(N)ccc2[nH]1. The summed E-state index contributed by atoms with van der Waals surface area (Å²) in [5.41, 5.74) is 8.18. The molecule has 1 aromatic carbocycles. The second-order valence-corrected chi connectivity index (χ2v) is 5.97. The Morgan fingerprint density at radius 1 is 1.38 bits per heavy atom. The number of nitrogens with one attached hydrogen (secondary N) is 1. The van der Waals surface area contributed by atoms with Crippen LogP contribution in [0.3, 0.4) is 0 Å². The third-order valence-electron chi connectivity index (χ3n) is 4.39. The number of aromatic nitrogens is 1. The van der Waals surface area contributed by atoms with E-state index in [2.05, 4.69) is 16.8 Å². The molecular formula is C17H23N3O. The maximum atomic E-state index is 12.8. The second kappa shape index (κ2) is 5.80. The van der Waals surface area contributed by atoms with E-state index in [4.69, 9.17) is 5.73 Å². The molecule has 4 heteroatoms. The summed E-state index contributed by atoms with van der Waals surface area (Å²) in [6.45, 7) is 3.06. The lowest BCUT2D eigenvalue weighted by atomic mass is 9.98. The summed E-state index contributed by atoms with van der Waals surface area (Å²) in [4.78, 5) is 18.1. The average molecular weight is 285 g/mol. The maximum Gasteiger partial charge on any atom is 0.270 e. The zero-order valence-electron chi connectivity index (χ0n) is 12.6. The molecule has 1 aromatic heterocycles. The van der Waals surface area contributed by atoms with E-state index in [-0.39, 0.29) is 5.91 Å². The van der Waals surface area contributed by atoms with Crippen LogP contribution < -0.4 is 5.73 Å². The lowest BCUT2D eigenvalue weighted by Crippen LogP contribution is -2.43. The highest BCUT2D eigenvalue weighted by Crippen LogP contribution is 2.25. The van der Waals surface area contributed by atoms with Crippen molar-refractivity contribution in [3.05, 3.63) is 30.0 Å². The van der Waals surface area contributed by atoms with Gasteiger partial charge in [-0.3, -0.25) is 4.79 Å². The summed E-state index contributed by atoms with van der Waals surface area (Å²) in [6, 6.07) is 8.01. The first-order chi connectivity index (χ1) is 10.2. The first-order valence-electron chi connectivity index (χ1n) is 7.88. The number of aromatic amines is 1. The van der Waals surface area contributed by atoms with Crippen LogP contribution in [0.15, 0.2) is 24.3 Å². The summed E-state index contributed by atoms with van der Waals surface area (Å²) in [7, 11) is 0. The van der Waals surface area contributed by atoms with Gasteiger partial charge in [0.25, 0.3) is 5.91 Å². The summed E-state index contributed by atoms with van der Waals surface area (Å²) in [5, 5.41) is 1.00. The maximum absolute atomic E-state index is 12.8. The molecule has 1 fully saturated rings. The van der Waals surface area contributed by atoms with Crippen LogP contribution in [0.1, 0.15) is 49.5 Å². The molecule has 3 N–H and O–H groups in total. The van der Waals surface area contributed by atoms with E-state index in [1.165, 1.54) is 6.42 Å². The molecule has 1 amide bonds. The van der Waals surface area contributed by atoms with E-state index in [0.717, 1.165) is 48.8 Å². The molecule has 1 unspecified atom stereocenters. The van der Waals surface area contributed by atoms with Crippen molar-refractivity contribution < 1.29 is 4.79 Å². The van der Waals surface area contributed by atoms with E-state index in [9.17, 15) is 4.79 Å². The number of nitrogens with zero attached hydrogens (tertiary/aromatic N) is 1. The van der Waals surface area contributed by atoms with Crippen LogP contribution in [-0.4, -0.2) is 28.4 Å².